The topological polar surface area (TPSA) is 101 Å². The number of aliphatic hydroxyl groups is 1. The highest BCUT2D eigenvalue weighted by Crippen LogP contribution is 2.26. The van der Waals surface area contributed by atoms with Crippen LogP contribution >= 0.6 is 0 Å². The molecule has 0 saturated heterocycles. The summed E-state index contributed by atoms with van der Waals surface area (Å²) >= 11 is 0. The van der Waals surface area contributed by atoms with E-state index in [1.165, 1.54) is 0 Å². The maximum Gasteiger partial charge on any atom is 0.225 e. The molecular formula is C22H29N5O3. The lowest BCUT2D eigenvalue weighted by Crippen LogP contribution is -2.24. The molecule has 0 spiro atoms. The molecule has 0 bridgehead atoms. The standard InChI is InChI=1S/C22H29N5O3/c1-5-6-16(13-28)25-21-20-18(9-14(2)11-23-20)26-22(27-21)24-12-15-7-8-17(29-3)10-19(15)30-4/h7-11,16,28H,5-6,12-13H2,1-4H3,(H2,24,25,26,27)/t16-/m0/s1. The molecule has 160 valence electrons. The summed E-state index contributed by atoms with van der Waals surface area (Å²) in [5.74, 6) is 2.54. The summed E-state index contributed by atoms with van der Waals surface area (Å²) in [6, 6.07) is 7.56. The molecule has 0 aliphatic rings. The second-order valence-electron chi connectivity index (χ2n) is 7.12. The largest absolute Gasteiger partial charge is 0.497 e. The van der Waals surface area contributed by atoms with Gasteiger partial charge < -0.3 is 25.2 Å². The third-order valence-corrected chi connectivity index (χ3v) is 4.80. The average Bonchev–Trinajstić information content (AvgIpc) is 2.76. The predicted molar refractivity (Wildman–Crippen MR) is 118 cm³/mol. The first-order chi connectivity index (χ1) is 14.6. The predicted octanol–water partition coefficient (Wildman–Crippen LogP) is 3.54. The maximum atomic E-state index is 9.69. The Hall–Kier alpha value is -3.13. The minimum Gasteiger partial charge on any atom is -0.497 e. The molecular weight excluding hydrogens is 382 g/mol. The van der Waals surface area contributed by atoms with Gasteiger partial charge in [-0.15, -0.1) is 0 Å². The van der Waals surface area contributed by atoms with Crippen LogP contribution < -0.4 is 20.1 Å². The molecule has 2 aromatic heterocycles. The molecule has 0 saturated carbocycles. The molecule has 0 amide bonds. The van der Waals surface area contributed by atoms with Gasteiger partial charge in [0.1, 0.15) is 17.0 Å². The van der Waals surface area contributed by atoms with E-state index in [0.29, 0.717) is 23.8 Å². The monoisotopic (exact) mass is 411 g/mol. The normalized spacial score (nSPS) is 11.9. The Balaban J connectivity index is 1.90. The van der Waals surface area contributed by atoms with Crippen LogP contribution in [0.25, 0.3) is 11.0 Å². The average molecular weight is 412 g/mol. The minimum atomic E-state index is -0.0919. The molecule has 30 heavy (non-hydrogen) atoms. The maximum absolute atomic E-state index is 9.69. The van der Waals surface area contributed by atoms with Crippen molar-refractivity contribution >= 4 is 22.8 Å². The first-order valence-corrected chi connectivity index (χ1v) is 10.0. The van der Waals surface area contributed by atoms with Crippen LogP contribution in [0, 0.1) is 6.92 Å². The second-order valence-corrected chi connectivity index (χ2v) is 7.12. The smallest absolute Gasteiger partial charge is 0.225 e. The molecule has 1 aromatic carbocycles. The van der Waals surface area contributed by atoms with E-state index < -0.39 is 0 Å². The summed E-state index contributed by atoms with van der Waals surface area (Å²) in [5.41, 5.74) is 3.40. The zero-order chi connectivity index (χ0) is 21.5. The minimum absolute atomic E-state index is 0.0248. The Morgan fingerprint density at radius 2 is 1.97 bits per heavy atom. The SMILES string of the molecule is CCC[C@@H](CO)Nc1nc(NCc2ccc(OC)cc2OC)nc2cc(C)cnc12. The number of benzene rings is 1. The van der Waals surface area contributed by atoms with Gasteiger partial charge in [-0.3, -0.25) is 4.98 Å². The first-order valence-electron chi connectivity index (χ1n) is 10.0. The highest BCUT2D eigenvalue weighted by atomic mass is 16.5. The van der Waals surface area contributed by atoms with Gasteiger partial charge in [0.25, 0.3) is 0 Å². The van der Waals surface area contributed by atoms with Crippen LogP contribution in [0.4, 0.5) is 11.8 Å². The summed E-state index contributed by atoms with van der Waals surface area (Å²) in [7, 11) is 3.25. The van der Waals surface area contributed by atoms with Crippen LogP contribution in [-0.4, -0.2) is 46.9 Å². The molecule has 8 nitrogen and oxygen atoms in total. The number of aryl methyl sites for hydroxylation is 1. The van der Waals surface area contributed by atoms with Crippen molar-refractivity contribution in [2.24, 2.45) is 0 Å². The number of hydrogen-bond donors (Lipinski definition) is 3. The van der Waals surface area contributed by atoms with Gasteiger partial charge in [0.15, 0.2) is 5.82 Å². The van der Waals surface area contributed by atoms with E-state index in [9.17, 15) is 5.11 Å². The quantitative estimate of drug-likeness (QED) is 0.466. The van der Waals surface area contributed by atoms with Crippen LogP contribution in [0.3, 0.4) is 0 Å². The fourth-order valence-electron chi connectivity index (χ4n) is 3.22. The van der Waals surface area contributed by atoms with Crippen molar-refractivity contribution in [2.75, 3.05) is 31.5 Å². The van der Waals surface area contributed by atoms with E-state index in [-0.39, 0.29) is 12.6 Å². The number of nitrogens with one attached hydrogen (secondary N) is 2. The number of anilines is 2. The van der Waals surface area contributed by atoms with E-state index in [1.54, 1.807) is 20.4 Å². The van der Waals surface area contributed by atoms with Gasteiger partial charge in [-0.2, -0.15) is 4.98 Å². The summed E-state index contributed by atoms with van der Waals surface area (Å²) in [6.07, 6.45) is 3.58. The zero-order valence-electron chi connectivity index (χ0n) is 17.9. The fourth-order valence-corrected chi connectivity index (χ4v) is 3.22. The number of aromatic nitrogens is 3. The number of aliphatic hydroxyl groups excluding tert-OH is 1. The van der Waals surface area contributed by atoms with Crippen molar-refractivity contribution in [2.45, 2.75) is 39.3 Å². The van der Waals surface area contributed by atoms with Crippen molar-refractivity contribution in [1.82, 2.24) is 15.0 Å². The zero-order valence-corrected chi connectivity index (χ0v) is 17.9. The Labute approximate surface area is 176 Å². The number of methoxy groups -OCH3 is 2. The van der Waals surface area contributed by atoms with Gasteiger partial charge in [-0.25, -0.2) is 4.98 Å². The number of rotatable bonds is 10. The summed E-state index contributed by atoms with van der Waals surface area (Å²) in [4.78, 5) is 13.8. The second kappa shape index (κ2) is 10.1. The van der Waals surface area contributed by atoms with Gasteiger partial charge >= 0.3 is 0 Å². The van der Waals surface area contributed by atoms with Crippen molar-refractivity contribution in [3.05, 3.63) is 41.6 Å². The summed E-state index contributed by atoms with van der Waals surface area (Å²) < 4.78 is 10.7. The van der Waals surface area contributed by atoms with Gasteiger partial charge in [-0.05, 0) is 37.1 Å². The molecule has 8 heteroatoms. The van der Waals surface area contributed by atoms with Crippen molar-refractivity contribution in [1.29, 1.82) is 0 Å². The lowest BCUT2D eigenvalue weighted by molar-refractivity contribution is 0.268. The molecule has 0 radical (unpaired) electrons. The number of fused-ring (bicyclic) bond motifs is 1. The van der Waals surface area contributed by atoms with Gasteiger partial charge in [0, 0.05) is 24.4 Å². The molecule has 3 aromatic rings. The van der Waals surface area contributed by atoms with Crippen LogP contribution in [0.15, 0.2) is 30.5 Å². The Morgan fingerprint density at radius 1 is 1.13 bits per heavy atom. The number of ether oxygens (including phenoxy) is 2. The van der Waals surface area contributed by atoms with E-state index in [4.69, 9.17) is 9.47 Å². The Kier molecular flexibility index (Phi) is 7.24. The lowest BCUT2D eigenvalue weighted by Gasteiger charge is -2.18. The number of hydrogen-bond acceptors (Lipinski definition) is 8. The van der Waals surface area contributed by atoms with E-state index >= 15 is 0 Å². The third-order valence-electron chi connectivity index (χ3n) is 4.80. The first kappa shape index (κ1) is 21.6. The van der Waals surface area contributed by atoms with E-state index in [0.717, 1.165) is 41.0 Å². The number of nitrogens with zero attached hydrogens (tertiary/aromatic N) is 3. The Morgan fingerprint density at radius 3 is 2.67 bits per heavy atom. The molecule has 0 fully saturated rings. The highest BCUT2D eigenvalue weighted by Gasteiger charge is 2.14. The molecule has 3 rings (SSSR count). The molecule has 0 unspecified atom stereocenters. The highest BCUT2D eigenvalue weighted by molar-refractivity contribution is 5.86. The molecule has 2 heterocycles. The third kappa shape index (κ3) is 5.07. The summed E-state index contributed by atoms with van der Waals surface area (Å²) in [6.45, 7) is 4.57. The fraction of sp³-hybridized carbons (Fsp3) is 0.409. The molecule has 0 aliphatic carbocycles. The van der Waals surface area contributed by atoms with Crippen molar-refractivity contribution in [3.8, 4) is 11.5 Å². The van der Waals surface area contributed by atoms with Gasteiger partial charge in [-0.1, -0.05) is 13.3 Å². The van der Waals surface area contributed by atoms with Crippen molar-refractivity contribution in [3.63, 3.8) is 0 Å². The van der Waals surface area contributed by atoms with Gasteiger partial charge in [0.2, 0.25) is 5.95 Å². The van der Waals surface area contributed by atoms with Crippen LogP contribution in [0.5, 0.6) is 11.5 Å². The van der Waals surface area contributed by atoms with E-state index in [2.05, 4.69) is 32.5 Å². The molecule has 0 aliphatic heterocycles. The number of pyridine rings is 1. The Bertz CT molecular complexity index is 996. The molecule has 3 N–H and O–H groups in total. The van der Waals surface area contributed by atoms with Crippen LogP contribution in [0.1, 0.15) is 30.9 Å². The summed E-state index contributed by atoms with van der Waals surface area (Å²) in [5, 5.41) is 16.3. The lowest BCUT2D eigenvalue weighted by atomic mass is 10.2. The van der Waals surface area contributed by atoms with E-state index in [1.807, 2.05) is 31.2 Å². The van der Waals surface area contributed by atoms with Gasteiger partial charge in [0.05, 0.1) is 32.4 Å². The van der Waals surface area contributed by atoms with Crippen LogP contribution in [-0.2, 0) is 6.54 Å². The van der Waals surface area contributed by atoms with Crippen molar-refractivity contribution < 1.29 is 14.6 Å². The van der Waals surface area contributed by atoms with Crippen LogP contribution in [0.2, 0.25) is 0 Å². The molecule has 1 atom stereocenters.